The molecule has 0 amide bonds. The summed E-state index contributed by atoms with van der Waals surface area (Å²) in [7, 11) is 0. The zero-order chi connectivity index (χ0) is 11.3. The highest BCUT2D eigenvalue weighted by Crippen LogP contribution is 2.48. The molecule has 7 heteroatoms. The Bertz CT molecular complexity index is 411. The van der Waals surface area contributed by atoms with E-state index in [4.69, 9.17) is 17.3 Å². The normalized spacial score (nSPS) is 27.5. The van der Waals surface area contributed by atoms with Crippen molar-refractivity contribution in [3.8, 4) is 11.5 Å². The lowest BCUT2D eigenvalue weighted by Crippen LogP contribution is -2.51. The first-order chi connectivity index (χ1) is 6.82. The lowest BCUT2D eigenvalue weighted by atomic mass is 10.2. The molecule has 3 nitrogen and oxygen atoms in total. The monoisotopic (exact) mass is 239 g/mol. The molecule has 1 heterocycles. The highest BCUT2D eigenvalue weighted by Gasteiger charge is 2.63. The average molecular weight is 240 g/mol. The third-order valence-electron chi connectivity index (χ3n) is 1.78. The molecule has 0 aliphatic carbocycles. The van der Waals surface area contributed by atoms with Gasteiger partial charge in [0.15, 0.2) is 11.5 Å². The number of nitrogens with two attached hydrogens (primary N) is 1. The average Bonchev–Trinajstić information content (AvgIpc) is 2.07. The van der Waals surface area contributed by atoms with Gasteiger partial charge in [-0.1, -0.05) is 0 Å². The van der Waals surface area contributed by atoms with Crippen molar-refractivity contribution in [1.82, 2.24) is 0 Å². The number of anilines is 1. The number of rotatable bonds is 0. The second-order valence-electron chi connectivity index (χ2n) is 2.94. The van der Waals surface area contributed by atoms with Gasteiger partial charge in [0.2, 0.25) is 0 Å². The Hall–Kier alpha value is -1.30. The quantitative estimate of drug-likeness (QED) is 0.559. The number of benzene rings is 1. The Morgan fingerprint density at radius 2 is 1.80 bits per heavy atom. The molecule has 0 spiro atoms. The summed E-state index contributed by atoms with van der Waals surface area (Å²) in [6.07, 6.45) is -4.25. The maximum atomic E-state index is 13.1. The van der Waals surface area contributed by atoms with Gasteiger partial charge in [0.05, 0.1) is 0 Å². The largest absolute Gasteiger partial charge is 0.488 e. The number of fused-ring (bicyclic) bond motifs is 1. The van der Waals surface area contributed by atoms with E-state index in [1.54, 1.807) is 0 Å². The van der Waals surface area contributed by atoms with Gasteiger partial charge in [0.25, 0.3) is 0 Å². The molecule has 0 bridgehead atoms. The molecule has 1 aromatic rings. The van der Waals surface area contributed by atoms with Crippen LogP contribution in [0.25, 0.3) is 0 Å². The topological polar surface area (TPSA) is 44.5 Å². The van der Waals surface area contributed by atoms with Crippen molar-refractivity contribution >= 4 is 17.3 Å². The van der Waals surface area contributed by atoms with E-state index < -0.39 is 11.4 Å². The van der Waals surface area contributed by atoms with E-state index in [1.807, 2.05) is 0 Å². The van der Waals surface area contributed by atoms with Gasteiger partial charge >= 0.3 is 11.4 Å². The Morgan fingerprint density at radius 1 is 1.13 bits per heavy atom. The molecule has 2 rings (SSSR count). The van der Waals surface area contributed by atoms with Crippen LogP contribution in [0.2, 0.25) is 0 Å². The summed E-state index contributed by atoms with van der Waals surface area (Å²) in [5.41, 5.74) is 5.57. The molecule has 82 valence electrons. The van der Waals surface area contributed by atoms with Crippen LogP contribution in [0.15, 0.2) is 18.2 Å². The van der Waals surface area contributed by atoms with Gasteiger partial charge in [-0.05, 0) is 23.7 Å². The summed E-state index contributed by atoms with van der Waals surface area (Å²) in [6, 6.07) is 3.60. The minimum atomic E-state index is -4.25. The first-order valence-electron chi connectivity index (χ1n) is 3.85. The summed E-state index contributed by atoms with van der Waals surface area (Å²) < 4.78 is 47.2. The van der Waals surface area contributed by atoms with E-state index in [0.717, 1.165) is 12.1 Å². The number of hydrogen-bond donors (Lipinski definition) is 1. The van der Waals surface area contributed by atoms with Crippen molar-refractivity contribution in [3.63, 3.8) is 0 Å². The van der Waals surface area contributed by atoms with Crippen LogP contribution in [0.3, 0.4) is 0 Å². The number of halogens is 4. The number of hydrogen-bond acceptors (Lipinski definition) is 3. The summed E-state index contributed by atoms with van der Waals surface area (Å²) in [4.78, 5) is 0. The molecule has 1 aliphatic heterocycles. The second kappa shape index (κ2) is 2.85. The molecular weight excluding hydrogens is 235 g/mol. The third kappa shape index (κ3) is 1.54. The van der Waals surface area contributed by atoms with Crippen molar-refractivity contribution in [1.29, 1.82) is 0 Å². The van der Waals surface area contributed by atoms with Crippen LogP contribution in [-0.2, 0) is 0 Å². The lowest BCUT2D eigenvalue weighted by Gasteiger charge is -2.33. The van der Waals surface area contributed by atoms with Crippen LogP contribution in [0.4, 0.5) is 18.9 Å². The summed E-state index contributed by atoms with van der Waals surface area (Å²) in [5, 5.41) is -3.73. The van der Waals surface area contributed by atoms with E-state index in [2.05, 4.69) is 9.47 Å². The fourth-order valence-corrected chi connectivity index (χ4v) is 1.21. The zero-order valence-electron chi connectivity index (χ0n) is 7.14. The zero-order valence-corrected chi connectivity index (χ0v) is 7.89. The Labute approximate surface area is 87.5 Å². The van der Waals surface area contributed by atoms with E-state index >= 15 is 0 Å². The minimum absolute atomic E-state index is 0.218. The Kier molecular flexibility index (Phi) is 1.94. The highest BCUT2D eigenvalue weighted by atomic mass is 35.5. The smallest absolute Gasteiger partial charge is 0.434 e. The van der Waals surface area contributed by atoms with Crippen LogP contribution in [0, 0.1) is 0 Å². The predicted molar refractivity (Wildman–Crippen MR) is 46.7 cm³/mol. The Morgan fingerprint density at radius 3 is 2.47 bits per heavy atom. The molecule has 0 saturated heterocycles. The SMILES string of the molecule is Nc1ccc2c(c1)OC(F)(Cl)C(F)(F)O2. The fraction of sp³-hybridized carbons (Fsp3) is 0.250. The van der Waals surface area contributed by atoms with Crippen LogP contribution in [-0.4, -0.2) is 11.4 Å². The van der Waals surface area contributed by atoms with Crippen LogP contribution in [0.1, 0.15) is 0 Å². The van der Waals surface area contributed by atoms with Crippen molar-refractivity contribution < 1.29 is 22.6 Å². The molecule has 1 aliphatic rings. The second-order valence-corrected chi connectivity index (χ2v) is 3.43. The number of nitrogen functional groups attached to an aromatic ring is 1. The van der Waals surface area contributed by atoms with Crippen molar-refractivity contribution in [2.45, 2.75) is 11.4 Å². The van der Waals surface area contributed by atoms with E-state index in [-0.39, 0.29) is 17.2 Å². The third-order valence-corrected chi connectivity index (χ3v) is 2.08. The molecule has 0 saturated carbocycles. The summed E-state index contributed by atoms with van der Waals surface area (Å²) >= 11 is 4.84. The molecule has 1 atom stereocenters. The first kappa shape index (κ1) is 10.2. The van der Waals surface area contributed by atoms with Crippen LogP contribution in [0.5, 0.6) is 11.5 Å². The highest BCUT2D eigenvalue weighted by molar-refractivity contribution is 6.22. The first-order valence-corrected chi connectivity index (χ1v) is 4.23. The standard InChI is InChI=1S/C8H5ClF3NO2/c9-7(10)8(11,12)15-5-2-1-4(13)3-6(5)14-7/h1-3H,13H2. The molecule has 0 aromatic heterocycles. The molecule has 1 aromatic carbocycles. The fourth-order valence-electron chi connectivity index (χ4n) is 1.08. The van der Waals surface area contributed by atoms with Gasteiger partial charge in [-0.3, -0.25) is 0 Å². The molecule has 15 heavy (non-hydrogen) atoms. The van der Waals surface area contributed by atoms with Gasteiger partial charge < -0.3 is 15.2 Å². The molecule has 0 fully saturated rings. The van der Waals surface area contributed by atoms with E-state index in [0.29, 0.717) is 0 Å². The summed E-state index contributed by atoms with van der Waals surface area (Å²) in [5.74, 6) is -0.582. The lowest BCUT2D eigenvalue weighted by molar-refractivity contribution is -0.303. The van der Waals surface area contributed by atoms with Gasteiger partial charge in [-0.2, -0.15) is 13.2 Å². The molecular formula is C8H5ClF3NO2. The molecule has 2 N–H and O–H groups in total. The van der Waals surface area contributed by atoms with Crippen molar-refractivity contribution in [3.05, 3.63) is 18.2 Å². The number of ether oxygens (including phenoxy) is 2. The van der Waals surface area contributed by atoms with Gasteiger partial charge in [-0.15, -0.1) is 0 Å². The number of alkyl halides is 4. The minimum Gasteiger partial charge on any atom is -0.434 e. The summed E-state index contributed by atoms with van der Waals surface area (Å²) in [6.45, 7) is 0. The van der Waals surface area contributed by atoms with Gasteiger partial charge in [0.1, 0.15) is 0 Å². The molecule has 1 unspecified atom stereocenters. The van der Waals surface area contributed by atoms with E-state index in [1.165, 1.54) is 6.07 Å². The Balaban J connectivity index is 2.47. The maximum Gasteiger partial charge on any atom is 0.488 e. The predicted octanol–water partition coefficient (Wildman–Crippen LogP) is 2.49. The van der Waals surface area contributed by atoms with Gasteiger partial charge in [-0.25, -0.2) is 0 Å². The van der Waals surface area contributed by atoms with E-state index in [9.17, 15) is 13.2 Å². The van der Waals surface area contributed by atoms with Crippen molar-refractivity contribution in [2.75, 3.05) is 5.73 Å². The molecule has 0 radical (unpaired) electrons. The van der Waals surface area contributed by atoms with Crippen LogP contribution < -0.4 is 15.2 Å². The van der Waals surface area contributed by atoms with Crippen molar-refractivity contribution in [2.24, 2.45) is 0 Å². The van der Waals surface area contributed by atoms with Gasteiger partial charge in [0, 0.05) is 11.8 Å². The maximum absolute atomic E-state index is 13.1. The van der Waals surface area contributed by atoms with Crippen LogP contribution >= 0.6 is 11.6 Å².